The third-order valence-corrected chi connectivity index (χ3v) is 6.24. The van der Waals surface area contributed by atoms with Gasteiger partial charge in [-0.15, -0.1) is 0 Å². The summed E-state index contributed by atoms with van der Waals surface area (Å²) in [7, 11) is 3.51. The van der Waals surface area contributed by atoms with Gasteiger partial charge in [-0.1, -0.05) is 0 Å². The molecule has 2 aliphatic rings. The maximum absolute atomic E-state index is 14.8. The Morgan fingerprint density at radius 3 is 2.67 bits per heavy atom. The van der Waals surface area contributed by atoms with E-state index in [4.69, 9.17) is 0 Å². The molecule has 4 heterocycles. The fourth-order valence-corrected chi connectivity index (χ4v) is 4.92. The van der Waals surface area contributed by atoms with Crippen LogP contribution in [0.5, 0.6) is 0 Å². The molecule has 2 fully saturated rings. The van der Waals surface area contributed by atoms with Crippen LogP contribution in [0.15, 0.2) is 24.4 Å². The van der Waals surface area contributed by atoms with Gasteiger partial charge in [0, 0.05) is 39.8 Å². The smallest absolute Gasteiger partial charge is 0.270 e. The molecule has 0 bridgehead atoms. The number of amides is 2. The van der Waals surface area contributed by atoms with Crippen LogP contribution >= 0.6 is 0 Å². The van der Waals surface area contributed by atoms with Gasteiger partial charge >= 0.3 is 0 Å². The topological polar surface area (TPSA) is 63.4 Å². The maximum atomic E-state index is 14.8. The molecule has 4 rings (SSSR count). The Labute approximate surface area is 174 Å². The average Bonchev–Trinajstić information content (AvgIpc) is 3.22. The second kappa shape index (κ2) is 7.21. The summed E-state index contributed by atoms with van der Waals surface area (Å²) in [5, 5.41) is 4.30. The fraction of sp³-hybridized carbons (Fsp3) is 0.571. The number of rotatable bonds is 3. The van der Waals surface area contributed by atoms with Crippen molar-refractivity contribution in [3.05, 3.63) is 41.5 Å². The highest BCUT2D eigenvalue weighted by molar-refractivity contribution is 5.94. The van der Waals surface area contributed by atoms with Gasteiger partial charge in [-0.25, -0.2) is 8.78 Å². The van der Waals surface area contributed by atoms with Gasteiger partial charge in [-0.05, 0) is 38.0 Å². The number of hydrogen-bond acceptors (Lipinski definition) is 3. The van der Waals surface area contributed by atoms with Crippen LogP contribution in [0.25, 0.3) is 0 Å². The Bertz CT molecular complexity index is 982. The predicted octanol–water partition coefficient (Wildman–Crippen LogP) is 2.36. The van der Waals surface area contributed by atoms with Gasteiger partial charge in [-0.2, -0.15) is 5.10 Å². The molecule has 9 heteroatoms. The Hall–Kier alpha value is -2.71. The van der Waals surface area contributed by atoms with E-state index in [0.29, 0.717) is 31.6 Å². The predicted molar refractivity (Wildman–Crippen MR) is 106 cm³/mol. The standard InChI is InChI=1S/C21H27F2N5O2/c1-15-10-16(26(3)24-15)11-27-9-5-7-20(19(27)30)12-21(22,23)14-28(13-20)18(29)17-6-4-8-25(17)2/h4,6,8,10H,5,7,9,11-14H2,1-3H3/t20-/m0/s1. The van der Waals surface area contributed by atoms with Gasteiger partial charge in [0.25, 0.3) is 11.8 Å². The van der Waals surface area contributed by atoms with Crippen molar-refractivity contribution in [2.45, 2.75) is 38.7 Å². The van der Waals surface area contributed by atoms with Crippen LogP contribution in [0.2, 0.25) is 0 Å². The van der Waals surface area contributed by atoms with E-state index in [9.17, 15) is 18.4 Å². The molecule has 2 aromatic heterocycles. The molecule has 162 valence electrons. The molecule has 30 heavy (non-hydrogen) atoms. The van der Waals surface area contributed by atoms with E-state index in [0.717, 1.165) is 16.3 Å². The first kappa shape index (κ1) is 20.6. The Morgan fingerprint density at radius 2 is 2.03 bits per heavy atom. The zero-order valence-electron chi connectivity index (χ0n) is 17.6. The van der Waals surface area contributed by atoms with Gasteiger partial charge in [0.1, 0.15) is 5.69 Å². The number of piperidine rings is 2. The van der Waals surface area contributed by atoms with E-state index in [1.807, 2.05) is 20.0 Å². The number of carbonyl (C=O) groups is 2. The lowest BCUT2D eigenvalue weighted by Crippen LogP contribution is -2.62. The average molecular weight is 419 g/mol. The summed E-state index contributed by atoms with van der Waals surface area (Å²) < 4.78 is 32.9. The van der Waals surface area contributed by atoms with Gasteiger partial charge in [-0.3, -0.25) is 14.3 Å². The van der Waals surface area contributed by atoms with Crippen LogP contribution in [0.1, 0.15) is 41.1 Å². The molecule has 2 saturated heterocycles. The Balaban J connectivity index is 1.60. The largest absolute Gasteiger partial charge is 0.347 e. The number of alkyl halides is 2. The lowest BCUT2D eigenvalue weighted by atomic mass is 9.71. The van der Waals surface area contributed by atoms with Crippen molar-refractivity contribution in [2.75, 3.05) is 19.6 Å². The van der Waals surface area contributed by atoms with Crippen molar-refractivity contribution in [3.63, 3.8) is 0 Å². The van der Waals surface area contributed by atoms with E-state index >= 15 is 0 Å². The van der Waals surface area contributed by atoms with Crippen LogP contribution in [-0.4, -0.2) is 61.5 Å². The molecule has 2 amide bonds. The molecule has 2 aliphatic heterocycles. The quantitative estimate of drug-likeness (QED) is 0.767. The number of aryl methyl sites for hydroxylation is 3. The molecule has 1 atom stereocenters. The molecule has 0 N–H and O–H groups in total. The zero-order chi connectivity index (χ0) is 21.7. The second-order valence-electron chi connectivity index (χ2n) is 8.71. The summed E-state index contributed by atoms with van der Waals surface area (Å²) in [5.74, 6) is -3.87. The minimum Gasteiger partial charge on any atom is -0.347 e. The van der Waals surface area contributed by atoms with Gasteiger partial charge < -0.3 is 14.4 Å². The highest BCUT2D eigenvalue weighted by atomic mass is 19.3. The van der Waals surface area contributed by atoms with Crippen molar-refractivity contribution in [1.82, 2.24) is 24.1 Å². The van der Waals surface area contributed by atoms with Gasteiger partial charge in [0.05, 0.1) is 29.9 Å². The summed E-state index contributed by atoms with van der Waals surface area (Å²) in [5.41, 5.74) is 0.787. The first-order valence-electron chi connectivity index (χ1n) is 10.2. The molecular formula is C21H27F2N5O2. The molecule has 0 unspecified atom stereocenters. The van der Waals surface area contributed by atoms with Gasteiger partial charge in [0.15, 0.2) is 0 Å². The zero-order valence-corrected chi connectivity index (χ0v) is 17.6. The van der Waals surface area contributed by atoms with Crippen molar-refractivity contribution in [3.8, 4) is 0 Å². The van der Waals surface area contributed by atoms with E-state index < -0.39 is 30.2 Å². The minimum absolute atomic E-state index is 0.0202. The molecule has 2 aromatic rings. The number of aromatic nitrogens is 3. The summed E-state index contributed by atoms with van der Waals surface area (Å²) in [6.45, 7) is 2.08. The monoisotopic (exact) mass is 419 g/mol. The molecule has 0 saturated carbocycles. The van der Waals surface area contributed by atoms with E-state index in [1.54, 1.807) is 39.5 Å². The highest BCUT2D eigenvalue weighted by Gasteiger charge is 2.56. The lowest BCUT2D eigenvalue weighted by Gasteiger charge is -2.49. The van der Waals surface area contributed by atoms with Crippen LogP contribution in [0, 0.1) is 12.3 Å². The Morgan fingerprint density at radius 1 is 1.27 bits per heavy atom. The molecule has 7 nitrogen and oxygen atoms in total. The van der Waals surface area contributed by atoms with E-state index in [2.05, 4.69) is 5.10 Å². The van der Waals surface area contributed by atoms with E-state index in [1.165, 1.54) is 0 Å². The first-order chi connectivity index (χ1) is 14.1. The maximum Gasteiger partial charge on any atom is 0.270 e. The fourth-order valence-electron chi connectivity index (χ4n) is 4.92. The highest BCUT2D eigenvalue weighted by Crippen LogP contribution is 2.45. The summed E-state index contributed by atoms with van der Waals surface area (Å²) in [6, 6.07) is 5.21. The number of likely N-dealkylation sites (tertiary alicyclic amines) is 2. The number of carbonyl (C=O) groups excluding carboxylic acids is 2. The Kier molecular flexibility index (Phi) is 4.94. The van der Waals surface area contributed by atoms with E-state index in [-0.39, 0.29) is 12.5 Å². The molecule has 0 aliphatic carbocycles. The van der Waals surface area contributed by atoms with Crippen molar-refractivity contribution in [2.24, 2.45) is 19.5 Å². The molecule has 0 radical (unpaired) electrons. The lowest BCUT2D eigenvalue weighted by molar-refractivity contribution is -0.166. The molecular weight excluding hydrogens is 392 g/mol. The molecule has 1 spiro atoms. The minimum atomic E-state index is -3.11. The summed E-state index contributed by atoms with van der Waals surface area (Å²) >= 11 is 0. The summed E-state index contributed by atoms with van der Waals surface area (Å²) in [4.78, 5) is 29.2. The SMILES string of the molecule is Cc1cc(CN2CCC[C@]3(CN(C(=O)c4cccn4C)CC(F)(F)C3)C2=O)n(C)n1. The van der Waals surface area contributed by atoms with Crippen molar-refractivity contribution >= 4 is 11.8 Å². The summed E-state index contributed by atoms with van der Waals surface area (Å²) in [6.07, 6.45) is 2.18. The van der Waals surface area contributed by atoms with Crippen LogP contribution in [-0.2, 0) is 25.4 Å². The van der Waals surface area contributed by atoms with Crippen LogP contribution in [0.4, 0.5) is 8.78 Å². The van der Waals surface area contributed by atoms with Crippen molar-refractivity contribution in [1.29, 1.82) is 0 Å². The third-order valence-electron chi connectivity index (χ3n) is 6.24. The first-order valence-corrected chi connectivity index (χ1v) is 10.2. The number of halogens is 2. The van der Waals surface area contributed by atoms with Crippen LogP contribution < -0.4 is 0 Å². The van der Waals surface area contributed by atoms with Gasteiger partial charge in [0.2, 0.25) is 5.91 Å². The number of hydrogen-bond donors (Lipinski definition) is 0. The van der Waals surface area contributed by atoms with Crippen LogP contribution in [0.3, 0.4) is 0 Å². The second-order valence-corrected chi connectivity index (χ2v) is 8.71. The third kappa shape index (κ3) is 3.61. The van der Waals surface area contributed by atoms with Crippen molar-refractivity contribution < 1.29 is 18.4 Å². The number of nitrogens with zero attached hydrogens (tertiary/aromatic N) is 5. The molecule has 0 aromatic carbocycles. The normalized spacial score (nSPS) is 24.0.